The molecule has 1 fully saturated rings. The van der Waals surface area contributed by atoms with Crippen LogP contribution in [-0.4, -0.2) is 38.7 Å². The summed E-state index contributed by atoms with van der Waals surface area (Å²) in [6.45, 7) is 2.95. The predicted molar refractivity (Wildman–Crippen MR) is 121 cm³/mol. The number of thioether (sulfide) groups is 1. The molecule has 5 nitrogen and oxygen atoms in total. The highest BCUT2D eigenvalue weighted by molar-refractivity contribution is 7.99. The summed E-state index contributed by atoms with van der Waals surface area (Å²) in [4.78, 5) is 32.7. The second kappa shape index (κ2) is 8.90. The minimum absolute atomic E-state index is 0.110. The van der Waals surface area contributed by atoms with Crippen LogP contribution in [0.25, 0.3) is 15.9 Å². The van der Waals surface area contributed by atoms with Gasteiger partial charge in [0.1, 0.15) is 4.70 Å². The van der Waals surface area contributed by atoms with E-state index in [-0.39, 0.29) is 17.2 Å². The molecule has 3 heterocycles. The highest BCUT2D eigenvalue weighted by atomic mass is 35.5. The first-order valence-electron chi connectivity index (χ1n) is 9.77. The Morgan fingerprint density at radius 1 is 1.34 bits per heavy atom. The van der Waals surface area contributed by atoms with Gasteiger partial charge < -0.3 is 4.90 Å². The van der Waals surface area contributed by atoms with E-state index in [0.29, 0.717) is 32.1 Å². The summed E-state index contributed by atoms with van der Waals surface area (Å²) < 4.78 is 2.17. The van der Waals surface area contributed by atoms with Gasteiger partial charge in [0.15, 0.2) is 5.16 Å². The SMILES string of the molecule is CC[C@@H]1CCCCN1C(=O)CSc1nc2ccsc2c(=O)n1-c1cccc(Cl)c1. The monoisotopic (exact) mass is 447 g/mol. The van der Waals surface area contributed by atoms with Crippen LogP contribution in [0, 0.1) is 0 Å². The molecule has 1 atom stereocenters. The summed E-state index contributed by atoms with van der Waals surface area (Å²) >= 11 is 8.85. The highest BCUT2D eigenvalue weighted by Crippen LogP contribution is 2.26. The summed E-state index contributed by atoms with van der Waals surface area (Å²) in [6.07, 6.45) is 4.28. The van der Waals surface area contributed by atoms with E-state index < -0.39 is 0 Å². The van der Waals surface area contributed by atoms with Crippen LogP contribution in [0.2, 0.25) is 5.02 Å². The van der Waals surface area contributed by atoms with Crippen LogP contribution < -0.4 is 5.56 Å². The molecule has 2 aromatic heterocycles. The molecule has 1 amide bonds. The summed E-state index contributed by atoms with van der Waals surface area (Å²) in [6, 6.07) is 9.31. The zero-order valence-corrected chi connectivity index (χ0v) is 18.5. The van der Waals surface area contributed by atoms with Crippen molar-refractivity contribution in [3.63, 3.8) is 0 Å². The fourth-order valence-electron chi connectivity index (χ4n) is 3.79. The number of nitrogens with zero attached hydrogens (tertiary/aromatic N) is 3. The van der Waals surface area contributed by atoms with Gasteiger partial charge in [0, 0.05) is 17.6 Å². The number of benzene rings is 1. The van der Waals surface area contributed by atoms with Gasteiger partial charge in [0.2, 0.25) is 5.91 Å². The van der Waals surface area contributed by atoms with Crippen molar-refractivity contribution in [1.82, 2.24) is 14.5 Å². The van der Waals surface area contributed by atoms with Crippen molar-refractivity contribution < 1.29 is 4.79 Å². The number of piperidine rings is 1. The molecule has 29 heavy (non-hydrogen) atoms. The lowest BCUT2D eigenvalue weighted by Crippen LogP contribution is -2.44. The molecule has 0 bridgehead atoms. The third kappa shape index (κ3) is 4.22. The Morgan fingerprint density at radius 3 is 3.00 bits per heavy atom. The minimum Gasteiger partial charge on any atom is -0.339 e. The molecule has 0 N–H and O–H groups in total. The van der Waals surface area contributed by atoms with Gasteiger partial charge in [0.05, 0.1) is 17.0 Å². The minimum atomic E-state index is -0.133. The molecular formula is C21H22ClN3O2S2. The molecule has 8 heteroatoms. The van der Waals surface area contributed by atoms with Crippen LogP contribution in [0.3, 0.4) is 0 Å². The van der Waals surface area contributed by atoms with Crippen molar-refractivity contribution in [2.45, 2.75) is 43.8 Å². The predicted octanol–water partition coefficient (Wildman–Crippen LogP) is 4.98. The van der Waals surface area contributed by atoms with Crippen molar-refractivity contribution in [3.8, 4) is 5.69 Å². The van der Waals surface area contributed by atoms with Crippen molar-refractivity contribution in [3.05, 3.63) is 51.1 Å². The van der Waals surface area contributed by atoms with Crippen LogP contribution in [0.5, 0.6) is 0 Å². The van der Waals surface area contributed by atoms with E-state index in [1.807, 2.05) is 28.5 Å². The van der Waals surface area contributed by atoms with Gasteiger partial charge in [-0.05, 0) is 55.3 Å². The highest BCUT2D eigenvalue weighted by Gasteiger charge is 2.26. The number of carbonyl (C=O) groups excluding carboxylic acids is 1. The zero-order chi connectivity index (χ0) is 20.4. The van der Waals surface area contributed by atoms with E-state index in [4.69, 9.17) is 11.6 Å². The van der Waals surface area contributed by atoms with Crippen LogP contribution in [0.15, 0.2) is 45.7 Å². The Kier molecular flexibility index (Phi) is 6.27. The van der Waals surface area contributed by atoms with Crippen molar-refractivity contribution in [2.75, 3.05) is 12.3 Å². The Morgan fingerprint density at radius 2 is 2.21 bits per heavy atom. The number of likely N-dealkylation sites (tertiary alicyclic amines) is 1. The standard InChI is InChI=1S/C21H22ClN3O2S2/c1-2-15-7-3-4-10-24(15)18(26)13-29-21-23-17-9-11-28-19(17)20(27)25(21)16-8-5-6-14(22)12-16/h5-6,8-9,11-12,15H,2-4,7,10,13H2,1H3/t15-/m1/s1. The fraction of sp³-hybridized carbons (Fsp3) is 0.381. The van der Waals surface area contributed by atoms with E-state index in [0.717, 1.165) is 25.8 Å². The molecule has 1 aliphatic heterocycles. The number of aromatic nitrogens is 2. The number of hydrogen-bond acceptors (Lipinski definition) is 5. The maximum absolute atomic E-state index is 13.1. The largest absolute Gasteiger partial charge is 0.339 e. The molecule has 0 spiro atoms. The average Bonchev–Trinajstić information content (AvgIpc) is 3.21. The van der Waals surface area contributed by atoms with E-state index in [9.17, 15) is 9.59 Å². The lowest BCUT2D eigenvalue weighted by molar-refractivity contribution is -0.132. The summed E-state index contributed by atoms with van der Waals surface area (Å²) in [7, 11) is 0. The number of fused-ring (bicyclic) bond motifs is 1. The van der Waals surface area contributed by atoms with E-state index in [1.165, 1.54) is 29.5 Å². The number of halogens is 1. The number of amides is 1. The molecule has 1 saturated heterocycles. The second-order valence-electron chi connectivity index (χ2n) is 7.08. The normalized spacial score (nSPS) is 17.0. The summed E-state index contributed by atoms with van der Waals surface area (Å²) in [5.74, 6) is 0.373. The Balaban J connectivity index is 1.67. The third-order valence-electron chi connectivity index (χ3n) is 5.26. The molecule has 1 aromatic carbocycles. The molecule has 0 aliphatic carbocycles. The van der Waals surface area contributed by atoms with Crippen LogP contribution in [-0.2, 0) is 4.79 Å². The van der Waals surface area contributed by atoms with Crippen molar-refractivity contribution in [2.24, 2.45) is 0 Å². The van der Waals surface area contributed by atoms with Gasteiger partial charge in [-0.3, -0.25) is 14.2 Å². The molecule has 0 unspecified atom stereocenters. The van der Waals surface area contributed by atoms with Gasteiger partial charge in [-0.2, -0.15) is 0 Å². The van der Waals surface area contributed by atoms with Crippen molar-refractivity contribution in [1.29, 1.82) is 0 Å². The van der Waals surface area contributed by atoms with Crippen LogP contribution >= 0.6 is 34.7 Å². The van der Waals surface area contributed by atoms with Gasteiger partial charge in [-0.25, -0.2) is 4.98 Å². The molecule has 0 radical (unpaired) electrons. The maximum atomic E-state index is 13.1. The lowest BCUT2D eigenvalue weighted by atomic mass is 10.0. The average molecular weight is 448 g/mol. The smallest absolute Gasteiger partial charge is 0.276 e. The second-order valence-corrected chi connectivity index (χ2v) is 9.38. The number of thiophene rings is 1. The van der Waals surface area contributed by atoms with E-state index >= 15 is 0 Å². The van der Waals surface area contributed by atoms with E-state index in [1.54, 1.807) is 16.7 Å². The van der Waals surface area contributed by atoms with Gasteiger partial charge in [-0.15, -0.1) is 11.3 Å². The maximum Gasteiger partial charge on any atom is 0.276 e. The summed E-state index contributed by atoms with van der Waals surface area (Å²) in [5, 5.41) is 2.92. The van der Waals surface area contributed by atoms with Gasteiger partial charge in [-0.1, -0.05) is 36.4 Å². The Hall–Kier alpha value is -1.83. The lowest BCUT2D eigenvalue weighted by Gasteiger charge is -2.35. The van der Waals surface area contributed by atoms with Crippen molar-refractivity contribution >= 4 is 50.8 Å². The van der Waals surface area contributed by atoms with Gasteiger partial charge >= 0.3 is 0 Å². The van der Waals surface area contributed by atoms with Crippen LogP contribution in [0.1, 0.15) is 32.6 Å². The Labute approximate surface area is 182 Å². The fourth-order valence-corrected chi connectivity index (χ4v) is 5.64. The third-order valence-corrected chi connectivity index (χ3v) is 7.31. The summed E-state index contributed by atoms with van der Waals surface area (Å²) in [5.41, 5.74) is 1.19. The topological polar surface area (TPSA) is 55.2 Å². The molecule has 1 aliphatic rings. The number of hydrogen-bond donors (Lipinski definition) is 0. The molecular weight excluding hydrogens is 426 g/mol. The first-order valence-corrected chi connectivity index (χ1v) is 12.0. The number of rotatable bonds is 5. The first-order chi connectivity index (χ1) is 14.1. The van der Waals surface area contributed by atoms with Crippen LogP contribution in [0.4, 0.5) is 0 Å². The number of carbonyl (C=O) groups is 1. The zero-order valence-electron chi connectivity index (χ0n) is 16.1. The van der Waals surface area contributed by atoms with Gasteiger partial charge in [0.25, 0.3) is 5.56 Å². The molecule has 152 valence electrons. The molecule has 0 saturated carbocycles. The Bertz CT molecular complexity index is 1090. The van der Waals surface area contributed by atoms with E-state index in [2.05, 4.69) is 11.9 Å². The molecule has 4 rings (SSSR count). The molecule has 3 aromatic rings. The quantitative estimate of drug-likeness (QED) is 0.408. The first kappa shape index (κ1) is 20.4.